The SMILES string of the molecule is CCCn1c(=O)n(C2CC2)c(=O)c2[nH]c(-c3cc(N(CC)C(=O)c4cccnc4)n(C)n3)nc21. The summed E-state index contributed by atoms with van der Waals surface area (Å²) in [6, 6.07) is 5.13. The maximum Gasteiger partial charge on any atom is 0.333 e. The van der Waals surface area contributed by atoms with E-state index in [2.05, 4.69) is 20.1 Å². The predicted molar refractivity (Wildman–Crippen MR) is 127 cm³/mol. The molecule has 0 aliphatic heterocycles. The van der Waals surface area contributed by atoms with E-state index in [4.69, 9.17) is 0 Å². The summed E-state index contributed by atoms with van der Waals surface area (Å²) >= 11 is 0. The van der Waals surface area contributed by atoms with Gasteiger partial charge in [0, 0.05) is 44.6 Å². The Labute approximate surface area is 194 Å². The second kappa shape index (κ2) is 8.40. The number of pyridine rings is 1. The number of aromatic amines is 1. The largest absolute Gasteiger partial charge is 0.333 e. The summed E-state index contributed by atoms with van der Waals surface area (Å²) in [5, 5.41) is 4.54. The molecule has 4 heterocycles. The van der Waals surface area contributed by atoms with Gasteiger partial charge < -0.3 is 4.98 Å². The van der Waals surface area contributed by atoms with Crippen LogP contribution in [0.25, 0.3) is 22.7 Å². The zero-order valence-corrected chi connectivity index (χ0v) is 19.4. The molecule has 0 aromatic carbocycles. The van der Waals surface area contributed by atoms with E-state index >= 15 is 0 Å². The van der Waals surface area contributed by atoms with Crippen LogP contribution in [0.3, 0.4) is 0 Å². The Hall–Kier alpha value is -4.02. The summed E-state index contributed by atoms with van der Waals surface area (Å²) in [5.41, 5.74) is 0.891. The highest BCUT2D eigenvalue weighted by molar-refractivity contribution is 6.05. The Morgan fingerprint density at radius 2 is 2.06 bits per heavy atom. The Balaban J connectivity index is 1.60. The molecule has 0 radical (unpaired) electrons. The molecule has 5 rings (SSSR count). The Morgan fingerprint density at radius 1 is 1.26 bits per heavy atom. The zero-order valence-electron chi connectivity index (χ0n) is 19.4. The number of hydrogen-bond acceptors (Lipinski definition) is 6. The number of rotatable bonds is 7. The van der Waals surface area contributed by atoms with Gasteiger partial charge in [0.1, 0.15) is 17.0 Å². The van der Waals surface area contributed by atoms with Crippen LogP contribution < -0.4 is 16.1 Å². The Morgan fingerprint density at radius 3 is 2.71 bits per heavy atom. The number of carbonyl (C=O) groups excluding carboxylic acids is 1. The summed E-state index contributed by atoms with van der Waals surface area (Å²) in [5.74, 6) is 0.753. The van der Waals surface area contributed by atoms with Crippen molar-refractivity contribution in [3.63, 3.8) is 0 Å². The molecular formula is C23H26N8O3. The molecule has 0 bridgehead atoms. The van der Waals surface area contributed by atoms with Gasteiger partial charge >= 0.3 is 5.69 Å². The van der Waals surface area contributed by atoms with Crippen LogP contribution in [-0.4, -0.2) is 46.3 Å². The fourth-order valence-corrected chi connectivity index (χ4v) is 4.22. The quantitative estimate of drug-likeness (QED) is 0.449. The summed E-state index contributed by atoms with van der Waals surface area (Å²) in [6.07, 6.45) is 5.53. The van der Waals surface area contributed by atoms with Crippen LogP contribution in [0.4, 0.5) is 5.82 Å². The van der Waals surface area contributed by atoms with Gasteiger partial charge in [0.15, 0.2) is 11.5 Å². The first-order chi connectivity index (χ1) is 16.4. The third kappa shape index (κ3) is 3.53. The fraction of sp³-hybridized carbons (Fsp3) is 0.391. The zero-order chi connectivity index (χ0) is 24.0. The number of H-pyrrole nitrogens is 1. The topological polar surface area (TPSA) is 124 Å². The number of anilines is 1. The Kier molecular flexibility index (Phi) is 5.39. The molecule has 0 saturated heterocycles. The van der Waals surface area contributed by atoms with Crippen LogP contribution in [0, 0.1) is 0 Å². The van der Waals surface area contributed by atoms with Crippen molar-refractivity contribution in [1.82, 2.24) is 33.9 Å². The van der Waals surface area contributed by atoms with E-state index < -0.39 is 0 Å². The molecule has 0 unspecified atom stereocenters. The summed E-state index contributed by atoms with van der Waals surface area (Å²) in [4.78, 5) is 52.5. The van der Waals surface area contributed by atoms with Gasteiger partial charge in [-0.3, -0.25) is 33.3 Å². The predicted octanol–water partition coefficient (Wildman–Crippen LogP) is 2.09. The van der Waals surface area contributed by atoms with E-state index in [0.29, 0.717) is 47.2 Å². The van der Waals surface area contributed by atoms with Crippen molar-refractivity contribution in [2.75, 3.05) is 11.4 Å². The van der Waals surface area contributed by atoms with Gasteiger partial charge in [-0.1, -0.05) is 6.92 Å². The molecular weight excluding hydrogens is 436 g/mol. The molecule has 1 aliphatic carbocycles. The van der Waals surface area contributed by atoms with Crippen LogP contribution in [0.1, 0.15) is 49.5 Å². The van der Waals surface area contributed by atoms with Crippen molar-refractivity contribution < 1.29 is 4.79 Å². The normalized spacial score (nSPS) is 13.5. The molecule has 0 spiro atoms. The average molecular weight is 463 g/mol. The van der Waals surface area contributed by atoms with Gasteiger partial charge in [-0.05, 0) is 38.3 Å². The second-order valence-electron chi connectivity index (χ2n) is 8.43. The monoisotopic (exact) mass is 462 g/mol. The van der Waals surface area contributed by atoms with Crippen molar-refractivity contribution in [3.05, 3.63) is 57.0 Å². The van der Waals surface area contributed by atoms with Gasteiger partial charge in [0.05, 0.1) is 5.56 Å². The number of aryl methyl sites for hydroxylation is 2. The molecule has 1 fully saturated rings. The van der Waals surface area contributed by atoms with Crippen LogP contribution in [0.15, 0.2) is 40.2 Å². The van der Waals surface area contributed by atoms with Crippen molar-refractivity contribution in [2.24, 2.45) is 7.05 Å². The molecule has 1 N–H and O–H groups in total. The minimum atomic E-state index is -0.355. The lowest BCUT2D eigenvalue weighted by Crippen LogP contribution is -2.39. The van der Waals surface area contributed by atoms with Crippen LogP contribution >= 0.6 is 0 Å². The first kappa shape index (κ1) is 21.8. The van der Waals surface area contributed by atoms with Crippen LogP contribution in [-0.2, 0) is 13.6 Å². The van der Waals surface area contributed by atoms with Gasteiger partial charge in [-0.2, -0.15) is 5.10 Å². The number of carbonyl (C=O) groups is 1. The maximum absolute atomic E-state index is 13.1. The first-order valence-electron chi connectivity index (χ1n) is 11.5. The van der Waals surface area contributed by atoms with Crippen molar-refractivity contribution in [1.29, 1.82) is 0 Å². The minimum Gasteiger partial charge on any atom is -0.331 e. The lowest BCUT2D eigenvalue weighted by molar-refractivity contribution is 0.0986. The lowest BCUT2D eigenvalue weighted by atomic mass is 10.2. The van der Waals surface area contributed by atoms with Gasteiger partial charge in [-0.15, -0.1) is 0 Å². The fourth-order valence-electron chi connectivity index (χ4n) is 4.22. The molecule has 0 atom stereocenters. The molecule has 4 aromatic rings. The van der Waals surface area contributed by atoms with E-state index in [1.54, 1.807) is 45.6 Å². The first-order valence-corrected chi connectivity index (χ1v) is 11.5. The van der Waals surface area contributed by atoms with E-state index in [0.717, 1.165) is 19.3 Å². The highest BCUT2D eigenvalue weighted by atomic mass is 16.2. The molecule has 11 heteroatoms. The number of nitrogens with zero attached hydrogens (tertiary/aromatic N) is 7. The third-order valence-electron chi connectivity index (χ3n) is 6.01. The van der Waals surface area contributed by atoms with E-state index in [1.165, 1.54) is 10.8 Å². The average Bonchev–Trinajstić information content (AvgIpc) is 3.45. The van der Waals surface area contributed by atoms with Crippen LogP contribution in [0.5, 0.6) is 0 Å². The van der Waals surface area contributed by atoms with Crippen molar-refractivity contribution >= 4 is 22.9 Å². The highest BCUT2D eigenvalue weighted by Gasteiger charge is 2.30. The van der Waals surface area contributed by atoms with Crippen LogP contribution in [0.2, 0.25) is 0 Å². The number of imidazole rings is 1. The molecule has 1 aliphatic rings. The number of nitrogens with one attached hydrogen (secondary N) is 1. The van der Waals surface area contributed by atoms with Crippen molar-refractivity contribution in [3.8, 4) is 11.5 Å². The molecule has 11 nitrogen and oxygen atoms in total. The number of amides is 1. The number of hydrogen-bond donors (Lipinski definition) is 1. The summed E-state index contributed by atoms with van der Waals surface area (Å²) in [7, 11) is 1.74. The molecule has 4 aromatic heterocycles. The molecule has 1 amide bonds. The molecule has 34 heavy (non-hydrogen) atoms. The summed E-state index contributed by atoms with van der Waals surface area (Å²) in [6.45, 7) is 4.74. The van der Waals surface area contributed by atoms with Gasteiger partial charge in [-0.25, -0.2) is 9.78 Å². The maximum atomic E-state index is 13.1. The molecule has 1 saturated carbocycles. The third-order valence-corrected chi connectivity index (χ3v) is 6.01. The highest BCUT2D eigenvalue weighted by Crippen LogP contribution is 2.32. The van der Waals surface area contributed by atoms with Crippen molar-refractivity contribution in [2.45, 2.75) is 45.7 Å². The smallest absolute Gasteiger partial charge is 0.331 e. The number of fused-ring (bicyclic) bond motifs is 1. The standard InChI is InChI=1S/C23H26N8O3/c1-4-11-30-20-18(22(33)31(23(30)34)15-8-9-15)25-19(26-20)16-12-17(28(3)27-16)29(5-2)21(32)14-7-6-10-24-13-14/h6-7,10,12-13,15H,4-5,8-9,11H2,1-3H3,(H,25,26). The van der Waals surface area contributed by atoms with Gasteiger partial charge in [0.25, 0.3) is 11.5 Å². The molecule has 176 valence electrons. The Bertz CT molecular complexity index is 1490. The van der Waals surface area contributed by atoms with E-state index in [1.807, 2.05) is 13.8 Å². The second-order valence-corrected chi connectivity index (χ2v) is 8.43. The lowest BCUT2D eigenvalue weighted by Gasteiger charge is -2.20. The van der Waals surface area contributed by atoms with E-state index in [9.17, 15) is 14.4 Å². The minimum absolute atomic E-state index is 0.0442. The van der Waals surface area contributed by atoms with Gasteiger partial charge in [0.2, 0.25) is 0 Å². The summed E-state index contributed by atoms with van der Waals surface area (Å²) < 4.78 is 4.50. The van der Waals surface area contributed by atoms with E-state index in [-0.39, 0.29) is 23.2 Å². The number of aromatic nitrogens is 7.